The van der Waals surface area contributed by atoms with Crippen molar-refractivity contribution in [2.24, 2.45) is 0 Å². The zero-order valence-corrected chi connectivity index (χ0v) is 15.5. The lowest BCUT2D eigenvalue weighted by molar-refractivity contribution is -0.960. The predicted octanol–water partition coefficient (Wildman–Crippen LogP) is 1.71. The summed E-state index contributed by atoms with van der Waals surface area (Å²) in [5.41, 5.74) is 2.90. The third kappa shape index (κ3) is 4.90. The van der Waals surface area contributed by atoms with Crippen molar-refractivity contribution >= 4 is 15.9 Å². The average Bonchev–Trinajstić information content (AvgIpc) is 2.58. The second kappa shape index (κ2) is 8.09. The molecule has 0 saturated carbocycles. The summed E-state index contributed by atoms with van der Waals surface area (Å²) in [5, 5.41) is 0. The molecule has 1 aliphatic rings. The lowest BCUT2D eigenvalue weighted by atomic mass is 10.0. The minimum Gasteiger partial charge on any atom is -0.331 e. The van der Waals surface area contributed by atoms with E-state index in [1.165, 1.54) is 41.5 Å². The first-order chi connectivity index (χ1) is 11.2. The monoisotopic (exact) mass is 374 g/mol. The molecule has 0 spiro atoms. The normalized spacial score (nSPS) is 22.7. The van der Waals surface area contributed by atoms with Gasteiger partial charge in [-0.1, -0.05) is 58.4 Å². The van der Waals surface area contributed by atoms with E-state index in [9.17, 15) is 0 Å². The van der Waals surface area contributed by atoms with Gasteiger partial charge in [0.2, 0.25) is 0 Å². The zero-order chi connectivity index (χ0) is 16.1. The minimum absolute atomic E-state index is 0.809. The van der Waals surface area contributed by atoms with Crippen LogP contribution in [0.25, 0.3) is 0 Å². The van der Waals surface area contributed by atoms with Crippen LogP contribution < -0.4 is 9.80 Å². The molecule has 2 aromatic carbocycles. The lowest BCUT2D eigenvalue weighted by Crippen LogP contribution is -3.18. The van der Waals surface area contributed by atoms with Gasteiger partial charge in [-0.05, 0) is 12.1 Å². The molecule has 1 heterocycles. The summed E-state index contributed by atoms with van der Waals surface area (Å²) in [4.78, 5) is 3.40. The molecule has 2 aromatic rings. The number of likely N-dealkylation sites (tertiary alicyclic amines) is 1. The molecule has 1 atom stereocenters. The number of quaternary nitrogens is 2. The highest BCUT2D eigenvalue weighted by molar-refractivity contribution is 9.10. The van der Waals surface area contributed by atoms with Gasteiger partial charge in [-0.3, -0.25) is 0 Å². The molecular formula is C20H27BrN2+2. The molecule has 1 aliphatic heterocycles. The highest BCUT2D eigenvalue weighted by atomic mass is 79.9. The quantitative estimate of drug-likeness (QED) is 0.788. The van der Waals surface area contributed by atoms with Crippen molar-refractivity contribution in [3.8, 4) is 0 Å². The molecule has 0 aromatic heterocycles. The minimum atomic E-state index is 0.809. The van der Waals surface area contributed by atoms with Crippen molar-refractivity contribution < 1.29 is 9.80 Å². The van der Waals surface area contributed by atoms with E-state index in [1.54, 1.807) is 9.80 Å². The predicted molar refractivity (Wildman–Crippen MR) is 98.6 cm³/mol. The van der Waals surface area contributed by atoms with Crippen molar-refractivity contribution in [1.29, 1.82) is 0 Å². The number of hydrogen-bond acceptors (Lipinski definition) is 0. The van der Waals surface area contributed by atoms with Crippen LogP contribution in [0.15, 0.2) is 59.1 Å². The number of halogens is 1. The van der Waals surface area contributed by atoms with Gasteiger partial charge in [0, 0.05) is 28.4 Å². The van der Waals surface area contributed by atoms with Crippen molar-refractivity contribution in [2.75, 3.05) is 20.1 Å². The lowest BCUT2D eigenvalue weighted by Gasteiger charge is -2.32. The molecule has 0 aliphatic carbocycles. The fraction of sp³-hybridized carbons (Fsp3) is 0.400. The number of nitrogens with one attached hydrogen (secondary N) is 2. The van der Waals surface area contributed by atoms with E-state index >= 15 is 0 Å². The van der Waals surface area contributed by atoms with Gasteiger partial charge in [0.15, 0.2) is 0 Å². The molecule has 122 valence electrons. The van der Waals surface area contributed by atoms with Crippen LogP contribution in [0, 0.1) is 0 Å². The van der Waals surface area contributed by atoms with Crippen molar-refractivity contribution in [3.63, 3.8) is 0 Å². The molecule has 2 nitrogen and oxygen atoms in total. The van der Waals surface area contributed by atoms with Gasteiger partial charge in [0.25, 0.3) is 0 Å². The van der Waals surface area contributed by atoms with E-state index in [0.717, 1.165) is 19.1 Å². The fourth-order valence-corrected chi connectivity index (χ4v) is 3.91. The zero-order valence-electron chi connectivity index (χ0n) is 13.9. The van der Waals surface area contributed by atoms with Crippen LogP contribution >= 0.6 is 15.9 Å². The van der Waals surface area contributed by atoms with Crippen LogP contribution in [0.1, 0.15) is 24.0 Å². The summed E-state index contributed by atoms with van der Waals surface area (Å²) in [6, 6.07) is 20.5. The van der Waals surface area contributed by atoms with Gasteiger partial charge in [-0.15, -0.1) is 0 Å². The maximum atomic E-state index is 3.51. The summed E-state index contributed by atoms with van der Waals surface area (Å²) in [5.74, 6) is 0. The Hall–Kier alpha value is -1.16. The maximum absolute atomic E-state index is 3.51. The van der Waals surface area contributed by atoms with E-state index in [4.69, 9.17) is 0 Å². The Morgan fingerprint density at radius 3 is 2.26 bits per heavy atom. The Morgan fingerprint density at radius 1 is 0.957 bits per heavy atom. The highest BCUT2D eigenvalue weighted by Gasteiger charge is 2.27. The Morgan fingerprint density at radius 2 is 1.61 bits per heavy atom. The van der Waals surface area contributed by atoms with E-state index in [-0.39, 0.29) is 0 Å². The van der Waals surface area contributed by atoms with E-state index in [1.807, 2.05) is 0 Å². The molecule has 0 radical (unpaired) electrons. The van der Waals surface area contributed by atoms with Crippen LogP contribution in [0.3, 0.4) is 0 Å². The molecule has 1 unspecified atom stereocenters. The third-order valence-electron chi connectivity index (χ3n) is 5.08. The van der Waals surface area contributed by atoms with E-state index < -0.39 is 0 Å². The van der Waals surface area contributed by atoms with Gasteiger partial charge < -0.3 is 9.80 Å². The molecule has 0 bridgehead atoms. The van der Waals surface area contributed by atoms with Crippen LogP contribution in [-0.2, 0) is 13.1 Å². The average molecular weight is 375 g/mol. The number of hydrogen-bond donors (Lipinski definition) is 2. The molecule has 23 heavy (non-hydrogen) atoms. The first kappa shape index (κ1) is 16.7. The van der Waals surface area contributed by atoms with Gasteiger partial charge in [0.1, 0.15) is 13.1 Å². The highest BCUT2D eigenvalue weighted by Crippen LogP contribution is 2.10. The second-order valence-corrected chi connectivity index (χ2v) is 7.75. The first-order valence-electron chi connectivity index (χ1n) is 8.65. The van der Waals surface area contributed by atoms with E-state index in [2.05, 4.69) is 77.6 Å². The van der Waals surface area contributed by atoms with Gasteiger partial charge >= 0.3 is 0 Å². The van der Waals surface area contributed by atoms with Gasteiger partial charge in [-0.2, -0.15) is 0 Å². The van der Waals surface area contributed by atoms with Gasteiger partial charge in [-0.25, -0.2) is 0 Å². The SMILES string of the molecule is C[NH+](Cc1ccccc1)C1CC[NH+](Cc2ccc(Br)cc2)CC1. The molecule has 3 rings (SSSR count). The van der Waals surface area contributed by atoms with Crippen molar-refractivity contribution in [1.82, 2.24) is 0 Å². The Bertz CT molecular complexity index is 589. The van der Waals surface area contributed by atoms with Crippen LogP contribution in [0.4, 0.5) is 0 Å². The summed E-state index contributed by atoms with van der Waals surface area (Å²) < 4.78 is 1.17. The van der Waals surface area contributed by atoms with Crippen molar-refractivity contribution in [3.05, 3.63) is 70.2 Å². The Kier molecular flexibility index (Phi) is 5.87. The summed E-state index contributed by atoms with van der Waals surface area (Å²) in [6.07, 6.45) is 2.68. The summed E-state index contributed by atoms with van der Waals surface area (Å²) in [7, 11) is 2.36. The Labute approximate surface area is 148 Å². The molecular weight excluding hydrogens is 348 g/mol. The summed E-state index contributed by atoms with van der Waals surface area (Å²) >= 11 is 3.51. The molecule has 2 N–H and O–H groups in total. The van der Waals surface area contributed by atoms with Crippen LogP contribution in [-0.4, -0.2) is 26.2 Å². The maximum Gasteiger partial charge on any atom is 0.103 e. The van der Waals surface area contributed by atoms with Gasteiger partial charge in [0.05, 0.1) is 26.2 Å². The number of benzene rings is 2. The standard InChI is InChI=1S/C20H25BrN2/c1-22(15-17-5-3-2-4-6-17)20-11-13-23(14-12-20)16-18-7-9-19(21)10-8-18/h2-10,20H,11-16H2,1H3/p+2. The number of rotatable bonds is 5. The smallest absolute Gasteiger partial charge is 0.103 e. The number of piperidine rings is 1. The van der Waals surface area contributed by atoms with Crippen LogP contribution in [0.2, 0.25) is 0 Å². The Balaban J connectivity index is 1.47. The molecule has 1 fully saturated rings. The first-order valence-corrected chi connectivity index (χ1v) is 9.44. The van der Waals surface area contributed by atoms with Crippen molar-refractivity contribution in [2.45, 2.75) is 32.0 Å². The van der Waals surface area contributed by atoms with E-state index in [0.29, 0.717) is 0 Å². The second-order valence-electron chi connectivity index (χ2n) is 6.84. The molecule has 1 saturated heterocycles. The summed E-state index contributed by atoms with van der Waals surface area (Å²) in [6.45, 7) is 4.91. The van der Waals surface area contributed by atoms with Crippen LogP contribution in [0.5, 0.6) is 0 Å². The molecule has 0 amide bonds. The molecule has 3 heteroatoms. The fourth-order valence-electron chi connectivity index (χ4n) is 3.65. The largest absolute Gasteiger partial charge is 0.331 e. The third-order valence-corrected chi connectivity index (χ3v) is 5.61. The topological polar surface area (TPSA) is 8.88 Å².